The van der Waals surface area contributed by atoms with Gasteiger partial charge in [0.2, 0.25) is 5.95 Å². The first-order valence-electron chi connectivity index (χ1n) is 5.77. The summed E-state index contributed by atoms with van der Waals surface area (Å²) in [6.07, 6.45) is -4.08. The summed E-state index contributed by atoms with van der Waals surface area (Å²) in [6, 6.07) is 0. The van der Waals surface area contributed by atoms with Crippen LogP contribution in [0.15, 0.2) is 6.33 Å². The van der Waals surface area contributed by atoms with E-state index in [1.54, 1.807) is 0 Å². The molecule has 10 heteroatoms. The lowest BCUT2D eigenvalue weighted by Crippen LogP contribution is -2.30. The van der Waals surface area contributed by atoms with Crippen molar-refractivity contribution in [2.45, 2.75) is 24.6 Å². The predicted molar refractivity (Wildman–Crippen MR) is 66.6 cm³/mol. The lowest BCUT2D eigenvalue weighted by Gasteiger charge is -2.15. The van der Waals surface area contributed by atoms with Crippen molar-refractivity contribution in [2.24, 2.45) is 0 Å². The topological polar surface area (TPSA) is 119 Å². The molecule has 1 saturated heterocycles. The first-order chi connectivity index (χ1) is 9.52. The van der Waals surface area contributed by atoms with Crippen LogP contribution < -0.4 is 5.73 Å². The van der Waals surface area contributed by atoms with E-state index < -0.39 is 31.2 Å². The monoisotopic (exact) mass is 303 g/mol. The Bertz CT molecular complexity index is 653. The molecule has 4 atom stereocenters. The third-order valence-corrected chi connectivity index (χ3v) is 3.41. The van der Waals surface area contributed by atoms with Gasteiger partial charge in [-0.15, -0.1) is 0 Å². The van der Waals surface area contributed by atoms with Crippen LogP contribution in [0.4, 0.5) is 10.3 Å². The van der Waals surface area contributed by atoms with Gasteiger partial charge >= 0.3 is 0 Å². The van der Waals surface area contributed by atoms with Crippen molar-refractivity contribution in [1.29, 1.82) is 0 Å². The number of aromatic nitrogens is 4. The highest BCUT2D eigenvalue weighted by Crippen LogP contribution is 2.34. The number of anilines is 1. The molecule has 0 unspecified atom stereocenters. The fourth-order valence-electron chi connectivity index (χ4n) is 2.16. The Morgan fingerprint density at radius 3 is 2.90 bits per heavy atom. The molecule has 1 fully saturated rings. The van der Waals surface area contributed by atoms with Crippen molar-refractivity contribution in [3.05, 3.63) is 11.5 Å². The Morgan fingerprint density at radius 2 is 2.25 bits per heavy atom. The molecule has 2 aromatic rings. The molecule has 0 spiro atoms. The number of hydrogen-bond acceptors (Lipinski definition) is 7. The van der Waals surface area contributed by atoms with Crippen LogP contribution in [0.25, 0.3) is 11.2 Å². The minimum atomic E-state index is -1.74. The average Bonchev–Trinajstić information content (AvgIpc) is 2.93. The molecule has 3 heterocycles. The number of nitrogens with two attached hydrogens (primary N) is 1. The third-order valence-electron chi connectivity index (χ3n) is 3.14. The molecule has 4 N–H and O–H groups in total. The van der Waals surface area contributed by atoms with Gasteiger partial charge in [0, 0.05) is 0 Å². The summed E-state index contributed by atoms with van der Waals surface area (Å²) in [5.74, 6) is -0.0862. The molecule has 0 amide bonds. The Balaban J connectivity index is 2.07. The molecule has 0 saturated carbocycles. The molecule has 0 radical (unpaired) electrons. The second-order valence-corrected chi connectivity index (χ2v) is 4.74. The van der Waals surface area contributed by atoms with Gasteiger partial charge in [0.05, 0.1) is 12.9 Å². The van der Waals surface area contributed by atoms with E-state index in [0.717, 1.165) is 0 Å². The second-order valence-electron chi connectivity index (χ2n) is 4.38. The van der Waals surface area contributed by atoms with Crippen molar-refractivity contribution in [3.63, 3.8) is 0 Å². The average molecular weight is 304 g/mol. The minimum Gasteiger partial charge on any atom is -0.394 e. The van der Waals surface area contributed by atoms with Crippen LogP contribution in [-0.4, -0.2) is 54.7 Å². The van der Waals surface area contributed by atoms with E-state index in [1.165, 1.54) is 10.9 Å². The summed E-state index contributed by atoms with van der Waals surface area (Å²) in [6.45, 7) is -0.497. The standard InChI is InChI=1S/C10H11ClFN5O3/c11-7-5-8(16-10(13)15-7)17(2-14-5)9-4(12)6(19)3(1-18)20-9/h2-4,6,9,18-19H,1H2,(H2,13,15,16)/t3-,4+,6-,9-/m1/s1. The zero-order valence-corrected chi connectivity index (χ0v) is 10.8. The van der Waals surface area contributed by atoms with Crippen LogP contribution in [0.3, 0.4) is 0 Å². The van der Waals surface area contributed by atoms with E-state index in [-0.39, 0.29) is 22.3 Å². The van der Waals surface area contributed by atoms with E-state index in [1.807, 2.05) is 0 Å². The zero-order chi connectivity index (χ0) is 14.4. The summed E-state index contributed by atoms with van der Waals surface area (Å²) in [5.41, 5.74) is 5.94. The quantitative estimate of drug-likeness (QED) is 0.649. The van der Waals surface area contributed by atoms with Gasteiger partial charge in [0.15, 0.2) is 23.2 Å². The summed E-state index contributed by atoms with van der Waals surface area (Å²) >= 11 is 5.87. The Kier molecular flexibility index (Phi) is 3.21. The van der Waals surface area contributed by atoms with Crippen LogP contribution >= 0.6 is 11.6 Å². The summed E-state index contributed by atoms with van der Waals surface area (Å²) < 4.78 is 20.6. The van der Waals surface area contributed by atoms with Gasteiger partial charge in [-0.2, -0.15) is 9.97 Å². The number of ether oxygens (including phenoxy) is 1. The minimum absolute atomic E-state index is 0.0407. The summed E-state index contributed by atoms with van der Waals surface area (Å²) in [4.78, 5) is 11.7. The number of aliphatic hydroxyl groups is 2. The maximum Gasteiger partial charge on any atom is 0.223 e. The first kappa shape index (κ1) is 13.4. The Morgan fingerprint density at radius 1 is 1.50 bits per heavy atom. The van der Waals surface area contributed by atoms with Crippen molar-refractivity contribution < 1.29 is 19.3 Å². The summed E-state index contributed by atoms with van der Waals surface area (Å²) in [5, 5.41) is 18.7. The van der Waals surface area contributed by atoms with Crippen LogP contribution in [0.5, 0.6) is 0 Å². The van der Waals surface area contributed by atoms with E-state index in [0.29, 0.717) is 0 Å². The fraction of sp³-hybridized carbons (Fsp3) is 0.500. The molecular weight excluding hydrogens is 293 g/mol. The molecule has 1 aliphatic rings. The number of halogens is 2. The predicted octanol–water partition coefficient (Wildman–Crippen LogP) is -0.349. The molecule has 8 nitrogen and oxygen atoms in total. The SMILES string of the molecule is Nc1nc(Cl)c2ncn([C@@H]3O[C@H](CO)[C@@H](O)[C@@H]3F)c2n1. The number of hydrogen-bond donors (Lipinski definition) is 3. The van der Waals surface area contributed by atoms with Gasteiger partial charge in [-0.05, 0) is 0 Å². The molecular formula is C10H11ClFN5O3. The number of fused-ring (bicyclic) bond motifs is 1. The maximum absolute atomic E-state index is 14.1. The lowest BCUT2D eigenvalue weighted by atomic mass is 10.1. The Labute approximate surface area is 117 Å². The number of alkyl halides is 1. The fourth-order valence-corrected chi connectivity index (χ4v) is 2.38. The zero-order valence-electron chi connectivity index (χ0n) is 10.0. The number of imidazole rings is 1. The van der Waals surface area contributed by atoms with Crippen LogP contribution in [0.1, 0.15) is 6.23 Å². The molecule has 20 heavy (non-hydrogen) atoms. The van der Waals surface area contributed by atoms with Gasteiger partial charge in [-0.1, -0.05) is 11.6 Å². The van der Waals surface area contributed by atoms with E-state index in [4.69, 9.17) is 27.2 Å². The molecule has 2 aromatic heterocycles. The number of aliphatic hydroxyl groups excluding tert-OH is 2. The van der Waals surface area contributed by atoms with E-state index in [9.17, 15) is 9.50 Å². The smallest absolute Gasteiger partial charge is 0.223 e. The highest BCUT2D eigenvalue weighted by molar-refractivity contribution is 6.33. The van der Waals surface area contributed by atoms with E-state index in [2.05, 4.69) is 15.0 Å². The van der Waals surface area contributed by atoms with Gasteiger partial charge in [0.1, 0.15) is 17.7 Å². The molecule has 1 aliphatic heterocycles. The normalized spacial score (nSPS) is 30.2. The maximum atomic E-state index is 14.1. The van der Waals surface area contributed by atoms with Gasteiger partial charge in [-0.25, -0.2) is 9.37 Å². The molecule has 0 aliphatic carbocycles. The molecule has 0 bridgehead atoms. The van der Waals surface area contributed by atoms with Crippen LogP contribution in [-0.2, 0) is 4.74 Å². The molecule has 0 aromatic carbocycles. The Hall–Kier alpha value is -1.55. The number of nitrogens with zero attached hydrogens (tertiary/aromatic N) is 4. The van der Waals surface area contributed by atoms with Crippen molar-refractivity contribution >= 4 is 28.7 Å². The molecule has 3 rings (SSSR count). The summed E-state index contributed by atoms with van der Waals surface area (Å²) in [7, 11) is 0. The van der Waals surface area contributed by atoms with Crippen molar-refractivity contribution in [3.8, 4) is 0 Å². The van der Waals surface area contributed by atoms with Gasteiger partial charge < -0.3 is 20.7 Å². The first-order valence-corrected chi connectivity index (χ1v) is 6.14. The largest absolute Gasteiger partial charge is 0.394 e. The third kappa shape index (κ3) is 1.90. The van der Waals surface area contributed by atoms with Crippen LogP contribution in [0, 0.1) is 0 Å². The van der Waals surface area contributed by atoms with Crippen molar-refractivity contribution in [2.75, 3.05) is 12.3 Å². The lowest BCUT2D eigenvalue weighted by molar-refractivity contribution is -0.0459. The van der Waals surface area contributed by atoms with Crippen molar-refractivity contribution in [1.82, 2.24) is 19.5 Å². The number of nitrogen functional groups attached to an aromatic ring is 1. The highest BCUT2D eigenvalue weighted by Gasteiger charge is 2.45. The highest BCUT2D eigenvalue weighted by atomic mass is 35.5. The number of rotatable bonds is 2. The second kappa shape index (κ2) is 4.77. The van der Waals surface area contributed by atoms with E-state index >= 15 is 0 Å². The van der Waals surface area contributed by atoms with Gasteiger partial charge in [0.25, 0.3) is 0 Å². The van der Waals surface area contributed by atoms with Gasteiger partial charge in [-0.3, -0.25) is 4.57 Å². The van der Waals surface area contributed by atoms with Crippen LogP contribution in [0.2, 0.25) is 5.15 Å². The molecule has 108 valence electrons.